The lowest BCUT2D eigenvalue weighted by atomic mass is 10.1. The van der Waals surface area contributed by atoms with Crippen molar-refractivity contribution in [1.82, 2.24) is 0 Å². The largest absolute Gasteiger partial charge is 0.487 e. The van der Waals surface area contributed by atoms with Crippen molar-refractivity contribution in [3.8, 4) is 5.75 Å². The number of thioether (sulfide) groups is 1. The van der Waals surface area contributed by atoms with E-state index in [0.717, 1.165) is 11.1 Å². The summed E-state index contributed by atoms with van der Waals surface area (Å²) in [6, 6.07) is 20.2. The van der Waals surface area contributed by atoms with Crippen LogP contribution in [-0.2, 0) is 11.4 Å². The van der Waals surface area contributed by atoms with Crippen LogP contribution in [0.1, 0.15) is 22.3 Å². The Labute approximate surface area is 261 Å². The smallest absolute Gasteiger partial charge is 0.271 e. The molecule has 1 aliphatic rings. The van der Waals surface area contributed by atoms with E-state index in [1.807, 2.05) is 32.0 Å². The van der Waals surface area contributed by atoms with Crippen molar-refractivity contribution in [3.05, 3.63) is 126 Å². The van der Waals surface area contributed by atoms with Crippen molar-refractivity contribution in [1.29, 1.82) is 0 Å². The number of aliphatic imine (C=N–C) groups is 1. The van der Waals surface area contributed by atoms with Crippen LogP contribution >= 0.6 is 58.2 Å². The fraction of sp³-hybridized carbons (Fsp3) is 0.0968. The molecule has 4 aromatic carbocycles. The molecule has 1 amide bonds. The Bertz CT molecular complexity index is 1740. The fourth-order valence-corrected chi connectivity index (χ4v) is 5.91. The van der Waals surface area contributed by atoms with Crippen molar-refractivity contribution in [2.24, 2.45) is 4.99 Å². The summed E-state index contributed by atoms with van der Waals surface area (Å²) >= 11 is 26.7. The normalized spacial score (nSPS) is 15.3. The Morgan fingerprint density at radius 2 is 1.61 bits per heavy atom. The molecule has 0 aromatic heterocycles. The van der Waals surface area contributed by atoms with Crippen LogP contribution in [0.5, 0.6) is 5.75 Å². The quantitative estimate of drug-likeness (QED) is 0.196. The summed E-state index contributed by atoms with van der Waals surface area (Å²) in [5.41, 5.74) is 3.74. The zero-order valence-electron chi connectivity index (χ0n) is 21.7. The van der Waals surface area contributed by atoms with E-state index in [-0.39, 0.29) is 23.3 Å². The van der Waals surface area contributed by atoms with E-state index in [0.29, 0.717) is 47.6 Å². The van der Waals surface area contributed by atoms with Crippen LogP contribution in [0, 0.1) is 19.7 Å². The minimum atomic E-state index is -0.400. The average Bonchev–Trinajstić information content (AvgIpc) is 3.22. The predicted molar refractivity (Wildman–Crippen MR) is 170 cm³/mol. The van der Waals surface area contributed by atoms with Crippen LogP contribution in [0.3, 0.4) is 0 Å². The topological polar surface area (TPSA) is 41.9 Å². The second-order valence-electron chi connectivity index (χ2n) is 9.20. The summed E-state index contributed by atoms with van der Waals surface area (Å²) in [4.78, 5) is 20.4. The van der Waals surface area contributed by atoms with Gasteiger partial charge in [-0.1, -0.05) is 76.7 Å². The highest BCUT2D eigenvalue weighted by atomic mass is 35.5. The number of anilines is 1. The van der Waals surface area contributed by atoms with E-state index in [9.17, 15) is 9.18 Å². The van der Waals surface area contributed by atoms with Crippen molar-refractivity contribution in [3.63, 3.8) is 0 Å². The first-order valence-electron chi connectivity index (χ1n) is 12.3. The van der Waals surface area contributed by atoms with Crippen LogP contribution in [0.25, 0.3) is 6.08 Å². The van der Waals surface area contributed by atoms with Gasteiger partial charge in [0.2, 0.25) is 0 Å². The lowest BCUT2D eigenvalue weighted by Crippen LogP contribution is -2.28. The Kier molecular flexibility index (Phi) is 8.97. The van der Waals surface area contributed by atoms with Crippen LogP contribution in [0.4, 0.5) is 15.8 Å². The van der Waals surface area contributed by atoms with Gasteiger partial charge in [0.15, 0.2) is 5.17 Å². The standard InChI is InChI=1S/C31H21Cl4FN2O2S/c1-17-7-9-22(14-24(17)33)37-31-38(23-10-8-18(2)25(34)15-23)30(39)28(41-31)12-20-11-21(32)13-26(35)29(20)40-16-19-5-3-4-6-27(19)36/h3-15H,16H2,1-2H3/b28-12+,37-31?. The van der Waals surface area contributed by atoms with Crippen LogP contribution in [0.2, 0.25) is 20.1 Å². The SMILES string of the molecule is Cc1ccc(N=C2S/C(=C/c3cc(Cl)cc(Cl)c3OCc3ccccc3F)C(=O)N2c2ccc(C)c(Cl)c2)cc1Cl. The summed E-state index contributed by atoms with van der Waals surface area (Å²) < 4.78 is 20.2. The molecule has 0 aliphatic carbocycles. The van der Waals surface area contributed by atoms with E-state index in [2.05, 4.69) is 0 Å². The van der Waals surface area contributed by atoms with Crippen molar-refractivity contribution in [2.45, 2.75) is 20.5 Å². The molecule has 0 radical (unpaired) electrons. The Morgan fingerprint density at radius 1 is 0.902 bits per heavy atom. The maximum Gasteiger partial charge on any atom is 0.271 e. The number of benzene rings is 4. The molecule has 0 unspecified atom stereocenters. The number of nitrogens with zero attached hydrogens (tertiary/aromatic N) is 2. The van der Waals surface area contributed by atoms with Gasteiger partial charge in [-0.05, 0) is 85.3 Å². The number of ether oxygens (including phenoxy) is 1. The molecule has 1 fully saturated rings. The summed E-state index contributed by atoms with van der Waals surface area (Å²) in [7, 11) is 0. The minimum absolute atomic E-state index is 0.0693. The van der Waals surface area contributed by atoms with Gasteiger partial charge < -0.3 is 4.74 Å². The molecule has 0 spiro atoms. The summed E-state index contributed by atoms with van der Waals surface area (Å²) in [6.07, 6.45) is 1.63. The number of carbonyl (C=O) groups is 1. The molecule has 0 saturated carbocycles. The zero-order valence-corrected chi connectivity index (χ0v) is 25.6. The van der Waals surface area contributed by atoms with E-state index < -0.39 is 5.82 Å². The highest BCUT2D eigenvalue weighted by Crippen LogP contribution is 2.41. The van der Waals surface area contributed by atoms with Crippen LogP contribution < -0.4 is 9.64 Å². The molecule has 0 bridgehead atoms. The van der Waals surface area contributed by atoms with Crippen molar-refractivity contribution >= 4 is 86.7 Å². The van der Waals surface area contributed by atoms with Crippen LogP contribution in [-0.4, -0.2) is 11.1 Å². The highest BCUT2D eigenvalue weighted by Gasteiger charge is 2.35. The molecule has 1 heterocycles. The number of carbonyl (C=O) groups excluding carboxylic acids is 1. The number of hydrogen-bond donors (Lipinski definition) is 0. The molecule has 1 aliphatic heterocycles. The third-order valence-electron chi connectivity index (χ3n) is 6.25. The summed E-state index contributed by atoms with van der Waals surface area (Å²) in [6.45, 7) is 3.71. The van der Waals surface area contributed by atoms with Crippen molar-refractivity contribution < 1.29 is 13.9 Å². The third-order valence-corrected chi connectivity index (χ3v) is 8.54. The van der Waals surface area contributed by atoms with Gasteiger partial charge in [-0.2, -0.15) is 0 Å². The first kappa shape index (κ1) is 29.5. The number of hydrogen-bond acceptors (Lipinski definition) is 4. The van der Waals surface area contributed by atoms with Gasteiger partial charge in [0, 0.05) is 26.2 Å². The maximum absolute atomic E-state index is 14.2. The number of amidine groups is 1. The summed E-state index contributed by atoms with van der Waals surface area (Å²) in [5, 5.41) is 2.05. The number of rotatable bonds is 6. The van der Waals surface area contributed by atoms with Gasteiger partial charge in [0.05, 0.1) is 21.3 Å². The molecule has 0 N–H and O–H groups in total. The van der Waals surface area contributed by atoms with E-state index in [1.165, 1.54) is 28.8 Å². The average molecular weight is 646 g/mol. The number of amides is 1. The zero-order chi connectivity index (χ0) is 29.3. The first-order valence-corrected chi connectivity index (χ1v) is 14.6. The summed E-state index contributed by atoms with van der Waals surface area (Å²) in [5.74, 6) is -0.465. The van der Waals surface area contributed by atoms with E-state index in [1.54, 1.807) is 48.5 Å². The monoisotopic (exact) mass is 644 g/mol. The minimum Gasteiger partial charge on any atom is -0.487 e. The van der Waals surface area contributed by atoms with Gasteiger partial charge >= 0.3 is 0 Å². The molecular weight excluding hydrogens is 625 g/mol. The predicted octanol–water partition coefficient (Wildman–Crippen LogP) is 10.4. The Morgan fingerprint density at radius 3 is 2.32 bits per heavy atom. The third kappa shape index (κ3) is 6.58. The molecule has 4 nitrogen and oxygen atoms in total. The van der Waals surface area contributed by atoms with Crippen LogP contribution in [0.15, 0.2) is 82.7 Å². The first-order chi connectivity index (χ1) is 19.6. The van der Waals surface area contributed by atoms with Gasteiger partial charge in [-0.15, -0.1) is 0 Å². The van der Waals surface area contributed by atoms with Gasteiger partial charge in [0.25, 0.3) is 5.91 Å². The molecule has 10 heteroatoms. The molecular formula is C31H21Cl4FN2O2S. The molecule has 5 rings (SSSR count). The van der Waals surface area contributed by atoms with Gasteiger partial charge in [-0.3, -0.25) is 9.69 Å². The maximum atomic E-state index is 14.2. The molecule has 1 saturated heterocycles. The second-order valence-corrected chi connectivity index (χ2v) is 11.9. The number of aryl methyl sites for hydroxylation is 2. The van der Waals surface area contributed by atoms with Gasteiger partial charge in [-0.25, -0.2) is 9.38 Å². The van der Waals surface area contributed by atoms with E-state index in [4.69, 9.17) is 56.1 Å². The lowest BCUT2D eigenvalue weighted by Gasteiger charge is -2.17. The highest BCUT2D eigenvalue weighted by molar-refractivity contribution is 8.19. The lowest BCUT2D eigenvalue weighted by molar-refractivity contribution is -0.113. The fourth-order valence-electron chi connectivity index (χ4n) is 4.01. The van der Waals surface area contributed by atoms with Gasteiger partial charge in [0.1, 0.15) is 18.2 Å². The van der Waals surface area contributed by atoms with E-state index >= 15 is 0 Å². The second kappa shape index (κ2) is 12.5. The molecule has 41 heavy (non-hydrogen) atoms. The Balaban J connectivity index is 1.57. The molecule has 208 valence electrons. The molecule has 4 aromatic rings. The number of halogens is 5. The van der Waals surface area contributed by atoms with Crippen molar-refractivity contribution in [2.75, 3.05) is 4.90 Å². The molecule has 0 atom stereocenters. The Hall–Kier alpha value is -3.00.